The Bertz CT molecular complexity index is 790. The first-order valence-electron chi connectivity index (χ1n) is 7.08. The maximum atomic E-state index is 13.7. The molecule has 1 amide bonds. The third kappa shape index (κ3) is 4.70. The van der Waals surface area contributed by atoms with E-state index in [1.165, 1.54) is 18.2 Å². The maximum Gasteiger partial charge on any atom is 0.262 e. The first kappa shape index (κ1) is 17.8. The van der Waals surface area contributed by atoms with Crippen molar-refractivity contribution in [1.29, 1.82) is 5.26 Å². The third-order valence-corrected chi connectivity index (χ3v) is 3.43. The van der Waals surface area contributed by atoms with Crippen LogP contribution >= 0.6 is 15.9 Å². The molecular weight excluding hydrogens is 379 g/mol. The van der Waals surface area contributed by atoms with Gasteiger partial charge < -0.3 is 14.8 Å². The number of ether oxygens (including phenoxy) is 2. The van der Waals surface area contributed by atoms with Crippen LogP contribution in [-0.4, -0.2) is 19.1 Å². The first-order valence-corrected chi connectivity index (χ1v) is 7.87. The lowest BCUT2D eigenvalue weighted by Gasteiger charge is -2.12. The minimum absolute atomic E-state index is 0.0664. The highest BCUT2D eigenvalue weighted by Gasteiger charge is 2.11. The number of nitrogens with zero attached hydrogens (tertiary/aromatic N) is 1. The zero-order valence-electron chi connectivity index (χ0n) is 12.8. The Morgan fingerprint density at radius 3 is 2.71 bits per heavy atom. The highest BCUT2D eigenvalue weighted by molar-refractivity contribution is 9.10. The molecule has 0 spiro atoms. The number of hydrogen-bond donors (Lipinski definition) is 1. The average molecular weight is 393 g/mol. The van der Waals surface area contributed by atoms with Crippen LogP contribution < -0.4 is 14.8 Å². The molecule has 2 aromatic carbocycles. The molecule has 0 bridgehead atoms. The number of rotatable bonds is 6. The van der Waals surface area contributed by atoms with Crippen LogP contribution in [0.4, 0.5) is 10.1 Å². The van der Waals surface area contributed by atoms with E-state index in [4.69, 9.17) is 14.7 Å². The van der Waals surface area contributed by atoms with Gasteiger partial charge in [0.25, 0.3) is 5.91 Å². The minimum atomic E-state index is -0.550. The topological polar surface area (TPSA) is 71.3 Å². The zero-order chi connectivity index (χ0) is 17.5. The van der Waals surface area contributed by atoms with E-state index in [1.807, 2.05) is 6.07 Å². The molecule has 7 heteroatoms. The number of anilines is 1. The van der Waals surface area contributed by atoms with Gasteiger partial charge in [0.15, 0.2) is 18.1 Å². The summed E-state index contributed by atoms with van der Waals surface area (Å²) < 4.78 is 25.1. The van der Waals surface area contributed by atoms with Gasteiger partial charge in [-0.2, -0.15) is 5.26 Å². The summed E-state index contributed by atoms with van der Waals surface area (Å²) in [7, 11) is 0. The van der Waals surface area contributed by atoms with E-state index in [2.05, 4.69) is 21.2 Å². The van der Waals surface area contributed by atoms with Crippen LogP contribution in [0.5, 0.6) is 11.5 Å². The highest BCUT2D eigenvalue weighted by atomic mass is 79.9. The molecule has 0 heterocycles. The quantitative estimate of drug-likeness (QED) is 0.809. The standard InChI is InChI=1S/C17H14BrFN2O3/c1-2-23-16-7-11(9-20)3-6-15(16)24-10-17(22)21-14-5-4-12(18)8-13(14)19/h3-8H,2,10H2,1H3,(H,21,22). The molecule has 0 aliphatic carbocycles. The van der Waals surface area contributed by atoms with Crippen LogP contribution in [0.25, 0.3) is 0 Å². The summed E-state index contributed by atoms with van der Waals surface area (Å²) in [5, 5.41) is 11.3. The molecule has 5 nitrogen and oxygen atoms in total. The van der Waals surface area contributed by atoms with Gasteiger partial charge in [-0.15, -0.1) is 0 Å². The summed E-state index contributed by atoms with van der Waals surface area (Å²) >= 11 is 3.14. The molecule has 0 radical (unpaired) electrons. The molecule has 124 valence electrons. The molecular formula is C17H14BrFN2O3. The van der Waals surface area contributed by atoms with Gasteiger partial charge in [-0.25, -0.2) is 4.39 Å². The molecule has 0 fully saturated rings. The third-order valence-electron chi connectivity index (χ3n) is 2.94. The van der Waals surface area contributed by atoms with Gasteiger partial charge in [-0.3, -0.25) is 4.79 Å². The summed E-state index contributed by atoms with van der Waals surface area (Å²) in [4.78, 5) is 11.9. The molecule has 2 rings (SSSR count). The van der Waals surface area contributed by atoms with Crippen molar-refractivity contribution in [3.63, 3.8) is 0 Å². The maximum absolute atomic E-state index is 13.7. The fraction of sp³-hybridized carbons (Fsp3) is 0.176. The van der Waals surface area contributed by atoms with Gasteiger partial charge in [-0.05, 0) is 37.3 Å². The Morgan fingerprint density at radius 1 is 1.25 bits per heavy atom. The van der Waals surface area contributed by atoms with Crippen LogP contribution in [-0.2, 0) is 4.79 Å². The van der Waals surface area contributed by atoms with Crippen LogP contribution in [0, 0.1) is 17.1 Å². The number of nitriles is 1. The summed E-state index contributed by atoms with van der Waals surface area (Å²) in [5.74, 6) is -0.351. The van der Waals surface area contributed by atoms with E-state index in [0.29, 0.717) is 28.1 Å². The number of carbonyl (C=O) groups is 1. The molecule has 1 N–H and O–H groups in total. The molecule has 0 aliphatic heterocycles. The lowest BCUT2D eigenvalue weighted by atomic mass is 10.2. The fourth-order valence-electron chi connectivity index (χ4n) is 1.89. The molecule has 0 saturated carbocycles. The van der Waals surface area contributed by atoms with Crippen molar-refractivity contribution in [3.05, 3.63) is 52.3 Å². The lowest BCUT2D eigenvalue weighted by molar-refractivity contribution is -0.118. The van der Waals surface area contributed by atoms with E-state index in [1.54, 1.807) is 25.1 Å². The second-order valence-corrected chi connectivity index (χ2v) is 5.58. The Balaban J connectivity index is 2.02. The largest absolute Gasteiger partial charge is 0.490 e. The first-order chi connectivity index (χ1) is 11.5. The fourth-order valence-corrected chi connectivity index (χ4v) is 2.22. The zero-order valence-corrected chi connectivity index (χ0v) is 14.4. The normalized spacial score (nSPS) is 9.92. The van der Waals surface area contributed by atoms with Crippen LogP contribution in [0.3, 0.4) is 0 Å². The summed E-state index contributed by atoms with van der Waals surface area (Å²) in [6, 6.07) is 11.0. The van der Waals surface area contributed by atoms with E-state index >= 15 is 0 Å². The summed E-state index contributed by atoms with van der Waals surface area (Å²) in [5.41, 5.74) is 0.490. The Hall–Kier alpha value is -2.59. The number of hydrogen-bond acceptors (Lipinski definition) is 4. The van der Waals surface area contributed by atoms with Crippen molar-refractivity contribution in [3.8, 4) is 17.6 Å². The SMILES string of the molecule is CCOc1cc(C#N)ccc1OCC(=O)Nc1ccc(Br)cc1F. The Kier molecular flexibility index (Phi) is 6.15. The van der Waals surface area contributed by atoms with Gasteiger partial charge in [0.1, 0.15) is 5.82 Å². The smallest absolute Gasteiger partial charge is 0.262 e. The lowest BCUT2D eigenvalue weighted by Crippen LogP contribution is -2.21. The predicted octanol–water partition coefficient (Wildman–Crippen LogP) is 3.88. The van der Waals surface area contributed by atoms with Gasteiger partial charge in [0.2, 0.25) is 0 Å². The van der Waals surface area contributed by atoms with Gasteiger partial charge >= 0.3 is 0 Å². The molecule has 2 aromatic rings. The second-order valence-electron chi connectivity index (χ2n) is 4.67. The summed E-state index contributed by atoms with van der Waals surface area (Å²) in [6.07, 6.45) is 0. The number of halogens is 2. The van der Waals surface area contributed by atoms with Crippen LogP contribution in [0.1, 0.15) is 12.5 Å². The minimum Gasteiger partial charge on any atom is -0.490 e. The van der Waals surface area contributed by atoms with Crippen molar-refractivity contribution in [2.24, 2.45) is 0 Å². The van der Waals surface area contributed by atoms with Crippen molar-refractivity contribution >= 4 is 27.5 Å². The Morgan fingerprint density at radius 2 is 2.04 bits per heavy atom. The summed E-state index contributed by atoms with van der Waals surface area (Å²) in [6.45, 7) is 1.87. The van der Waals surface area contributed by atoms with Gasteiger partial charge in [0, 0.05) is 10.5 Å². The molecule has 0 aliphatic rings. The van der Waals surface area contributed by atoms with Crippen LogP contribution in [0.2, 0.25) is 0 Å². The number of nitrogens with one attached hydrogen (secondary N) is 1. The second kappa shape index (κ2) is 8.31. The average Bonchev–Trinajstić information content (AvgIpc) is 2.56. The molecule has 0 unspecified atom stereocenters. The van der Waals surface area contributed by atoms with Crippen molar-refractivity contribution in [2.75, 3.05) is 18.5 Å². The van der Waals surface area contributed by atoms with E-state index < -0.39 is 11.7 Å². The van der Waals surface area contributed by atoms with Gasteiger partial charge in [-0.1, -0.05) is 15.9 Å². The molecule has 24 heavy (non-hydrogen) atoms. The van der Waals surface area contributed by atoms with Crippen molar-refractivity contribution in [1.82, 2.24) is 0 Å². The number of carbonyl (C=O) groups excluding carboxylic acids is 1. The van der Waals surface area contributed by atoms with Crippen LogP contribution in [0.15, 0.2) is 40.9 Å². The monoisotopic (exact) mass is 392 g/mol. The van der Waals surface area contributed by atoms with E-state index in [0.717, 1.165) is 0 Å². The number of amides is 1. The van der Waals surface area contributed by atoms with Crippen molar-refractivity contribution in [2.45, 2.75) is 6.92 Å². The predicted molar refractivity (Wildman–Crippen MR) is 90.6 cm³/mol. The Labute approximate surface area is 147 Å². The highest BCUT2D eigenvalue weighted by Crippen LogP contribution is 2.28. The molecule has 0 atom stereocenters. The molecule has 0 saturated heterocycles. The van der Waals surface area contributed by atoms with Gasteiger partial charge in [0.05, 0.1) is 23.9 Å². The van der Waals surface area contributed by atoms with Crippen molar-refractivity contribution < 1.29 is 18.7 Å². The molecule has 0 aromatic heterocycles. The van der Waals surface area contributed by atoms with E-state index in [9.17, 15) is 9.18 Å². The van der Waals surface area contributed by atoms with E-state index in [-0.39, 0.29) is 12.3 Å². The number of benzene rings is 2.